The molecule has 0 atom stereocenters. The topological polar surface area (TPSA) is 96.6 Å². The number of hydrogen-bond donors (Lipinski definition) is 1. The molecule has 1 aromatic heterocycles. The van der Waals surface area contributed by atoms with Gasteiger partial charge in [0.15, 0.2) is 0 Å². The molecule has 1 aliphatic rings. The minimum absolute atomic E-state index is 0.0532. The van der Waals surface area contributed by atoms with E-state index in [0.29, 0.717) is 10.2 Å². The molecule has 0 saturated heterocycles. The third-order valence-electron chi connectivity index (χ3n) is 2.89. The molecule has 0 amide bonds. The van der Waals surface area contributed by atoms with Gasteiger partial charge in [-0.05, 0) is 28.8 Å². The van der Waals surface area contributed by atoms with Crippen molar-refractivity contribution in [1.82, 2.24) is 4.98 Å². The van der Waals surface area contributed by atoms with Gasteiger partial charge in [-0.25, -0.2) is 0 Å². The predicted octanol–water partition coefficient (Wildman–Crippen LogP) is 2.20. The third kappa shape index (κ3) is 3.19. The van der Waals surface area contributed by atoms with E-state index >= 15 is 0 Å². The van der Waals surface area contributed by atoms with Crippen molar-refractivity contribution >= 4 is 33.3 Å². The van der Waals surface area contributed by atoms with Crippen LogP contribution in [0.5, 0.6) is 0 Å². The molecule has 1 N–H and O–H groups in total. The Morgan fingerprint density at radius 3 is 2.79 bits per heavy atom. The lowest BCUT2D eigenvalue weighted by Crippen LogP contribution is -2.29. The molecule has 1 aromatic rings. The highest BCUT2D eigenvalue weighted by molar-refractivity contribution is 9.10. The average Bonchev–Trinajstić information content (AvgIpc) is 3.14. The van der Waals surface area contributed by atoms with Crippen molar-refractivity contribution in [2.75, 3.05) is 11.4 Å². The van der Waals surface area contributed by atoms with E-state index in [2.05, 4.69) is 20.9 Å². The molecule has 19 heavy (non-hydrogen) atoms. The van der Waals surface area contributed by atoms with Gasteiger partial charge < -0.3 is 10.0 Å². The monoisotopic (exact) mass is 329 g/mol. The average molecular weight is 330 g/mol. The van der Waals surface area contributed by atoms with Crippen molar-refractivity contribution in [3.8, 4) is 0 Å². The summed E-state index contributed by atoms with van der Waals surface area (Å²) >= 11 is 3.26. The number of nitro groups is 1. The number of carboxylic acids is 1. The van der Waals surface area contributed by atoms with Crippen molar-refractivity contribution in [3.05, 3.63) is 27.0 Å². The molecule has 8 heteroatoms. The van der Waals surface area contributed by atoms with Gasteiger partial charge in [-0.2, -0.15) is 0 Å². The second-order valence-electron chi connectivity index (χ2n) is 4.31. The SMILES string of the molecule is O=C(O)CCN(c1c(Br)cncc1[N+](=O)[O-])C1CC1. The Kier molecular flexibility index (Phi) is 3.98. The van der Waals surface area contributed by atoms with Crippen LogP contribution >= 0.6 is 15.9 Å². The van der Waals surface area contributed by atoms with E-state index in [1.54, 1.807) is 4.90 Å². The number of carboxylic acid groups (broad SMARTS) is 1. The van der Waals surface area contributed by atoms with Crippen LogP contribution in [0.15, 0.2) is 16.9 Å². The fraction of sp³-hybridized carbons (Fsp3) is 0.455. The summed E-state index contributed by atoms with van der Waals surface area (Å²) in [7, 11) is 0. The van der Waals surface area contributed by atoms with Crippen LogP contribution in [-0.2, 0) is 4.79 Å². The normalized spacial score (nSPS) is 14.2. The van der Waals surface area contributed by atoms with E-state index in [1.165, 1.54) is 12.4 Å². The van der Waals surface area contributed by atoms with Crippen LogP contribution in [0.4, 0.5) is 11.4 Å². The van der Waals surface area contributed by atoms with Gasteiger partial charge in [0, 0.05) is 18.8 Å². The number of nitrogens with zero attached hydrogens (tertiary/aromatic N) is 3. The molecule has 0 aromatic carbocycles. The molecule has 0 unspecified atom stereocenters. The lowest BCUT2D eigenvalue weighted by molar-refractivity contribution is -0.384. The molecule has 1 heterocycles. The Balaban J connectivity index is 2.35. The number of aliphatic carboxylic acids is 1. The van der Waals surface area contributed by atoms with Crippen molar-refractivity contribution < 1.29 is 14.8 Å². The summed E-state index contributed by atoms with van der Waals surface area (Å²) < 4.78 is 0.513. The molecule has 0 aliphatic heterocycles. The Morgan fingerprint density at radius 1 is 1.58 bits per heavy atom. The van der Waals surface area contributed by atoms with Gasteiger partial charge in [0.25, 0.3) is 0 Å². The van der Waals surface area contributed by atoms with E-state index in [4.69, 9.17) is 5.11 Å². The first kappa shape index (κ1) is 13.7. The first-order valence-corrected chi connectivity index (χ1v) is 6.56. The number of carbonyl (C=O) groups is 1. The summed E-state index contributed by atoms with van der Waals surface area (Å²) in [5.41, 5.74) is 0.315. The number of anilines is 1. The molecule has 102 valence electrons. The predicted molar refractivity (Wildman–Crippen MR) is 71.2 cm³/mol. The molecule has 0 radical (unpaired) electrons. The maximum Gasteiger partial charge on any atom is 0.311 e. The molecular weight excluding hydrogens is 318 g/mol. The van der Waals surface area contributed by atoms with Gasteiger partial charge in [-0.1, -0.05) is 0 Å². The molecule has 2 rings (SSSR count). The van der Waals surface area contributed by atoms with Crippen LogP contribution in [0.3, 0.4) is 0 Å². The zero-order valence-electron chi connectivity index (χ0n) is 9.95. The number of rotatable bonds is 6. The fourth-order valence-electron chi connectivity index (χ4n) is 1.92. The maximum absolute atomic E-state index is 11.1. The number of pyridine rings is 1. The van der Waals surface area contributed by atoms with Gasteiger partial charge in [-0.15, -0.1) is 0 Å². The molecular formula is C11H12BrN3O4. The van der Waals surface area contributed by atoms with Gasteiger partial charge in [0.1, 0.15) is 11.9 Å². The smallest absolute Gasteiger partial charge is 0.311 e. The quantitative estimate of drug-likeness (QED) is 0.634. The molecule has 1 aliphatic carbocycles. The maximum atomic E-state index is 11.1. The van der Waals surface area contributed by atoms with Crippen molar-refractivity contribution in [2.45, 2.75) is 25.3 Å². The van der Waals surface area contributed by atoms with E-state index in [9.17, 15) is 14.9 Å². The molecule has 0 bridgehead atoms. The van der Waals surface area contributed by atoms with Crippen LogP contribution < -0.4 is 4.90 Å². The van der Waals surface area contributed by atoms with E-state index in [0.717, 1.165) is 12.8 Å². The van der Waals surface area contributed by atoms with Crippen molar-refractivity contribution in [2.24, 2.45) is 0 Å². The number of halogens is 1. The van der Waals surface area contributed by atoms with Crippen LogP contribution in [0.1, 0.15) is 19.3 Å². The van der Waals surface area contributed by atoms with Crippen molar-refractivity contribution in [1.29, 1.82) is 0 Å². The summed E-state index contributed by atoms with van der Waals surface area (Å²) in [6.45, 7) is 0.253. The van der Waals surface area contributed by atoms with Gasteiger partial charge >= 0.3 is 11.7 Å². The summed E-state index contributed by atoms with van der Waals surface area (Å²) in [6.07, 6.45) is 4.47. The highest BCUT2D eigenvalue weighted by Crippen LogP contribution is 2.40. The highest BCUT2D eigenvalue weighted by atomic mass is 79.9. The number of aromatic nitrogens is 1. The van der Waals surface area contributed by atoms with Crippen LogP contribution in [0.2, 0.25) is 0 Å². The molecule has 7 nitrogen and oxygen atoms in total. The summed E-state index contributed by atoms with van der Waals surface area (Å²) in [4.78, 5) is 26.8. The lowest BCUT2D eigenvalue weighted by Gasteiger charge is -2.24. The third-order valence-corrected chi connectivity index (χ3v) is 3.47. The zero-order chi connectivity index (χ0) is 14.0. The second-order valence-corrected chi connectivity index (χ2v) is 5.17. The van der Waals surface area contributed by atoms with Crippen LogP contribution in [0, 0.1) is 10.1 Å². The molecule has 1 fully saturated rings. The first-order chi connectivity index (χ1) is 9.00. The van der Waals surface area contributed by atoms with Gasteiger partial charge in [0.05, 0.1) is 15.8 Å². The highest BCUT2D eigenvalue weighted by Gasteiger charge is 2.34. The van der Waals surface area contributed by atoms with Gasteiger partial charge in [0.2, 0.25) is 0 Å². The number of hydrogen-bond acceptors (Lipinski definition) is 5. The van der Waals surface area contributed by atoms with E-state index < -0.39 is 10.9 Å². The van der Waals surface area contributed by atoms with Crippen LogP contribution in [0.25, 0.3) is 0 Å². The second kappa shape index (κ2) is 5.52. The Hall–Kier alpha value is -1.70. The van der Waals surface area contributed by atoms with Crippen molar-refractivity contribution in [3.63, 3.8) is 0 Å². The van der Waals surface area contributed by atoms with E-state index in [-0.39, 0.29) is 24.7 Å². The largest absolute Gasteiger partial charge is 0.481 e. The first-order valence-electron chi connectivity index (χ1n) is 5.77. The summed E-state index contributed by atoms with van der Waals surface area (Å²) in [5.74, 6) is -0.918. The Bertz CT molecular complexity index is 519. The van der Waals surface area contributed by atoms with Crippen LogP contribution in [-0.4, -0.2) is 33.6 Å². The molecule has 1 saturated carbocycles. The Labute approximate surface area is 117 Å². The fourth-order valence-corrected chi connectivity index (χ4v) is 2.46. The minimum atomic E-state index is -0.918. The van der Waals surface area contributed by atoms with E-state index in [1.807, 2.05) is 0 Å². The standard InChI is InChI=1S/C11H12BrN3O4/c12-8-5-13-6-9(15(18)19)11(8)14(7-1-2-7)4-3-10(16)17/h5-7H,1-4H2,(H,16,17). The summed E-state index contributed by atoms with van der Waals surface area (Å²) in [6, 6.07) is 0.178. The summed E-state index contributed by atoms with van der Waals surface area (Å²) in [5, 5.41) is 19.8. The minimum Gasteiger partial charge on any atom is -0.481 e. The lowest BCUT2D eigenvalue weighted by atomic mass is 10.2. The zero-order valence-corrected chi connectivity index (χ0v) is 11.5. The Morgan fingerprint density at radius 2 is 2.26 bits per heavy atom. The molecule has 0 spiro atoms. The van der Waals surface area contributed by atoms with Gasteiger partial charge in [-0.3, -0.25) is 19.9 Å².